The van der Waals surface area contributed by atoms with Crippen LogP contribution < -0.4 is 10.6 Å². The Morgan fingerprint density at radius 3 is 2.41 bits per heavy atom. The molecule has 1 aliphatic heterocycles. The Morgan fingerprint density at radius 1 is 1.29 bits per heavy atom. The first-order chi connectivity index (χ1) is 7.89. The zero-order valence-electron chi connectivity index (χ0n) is 9.96. The summed E-state index contributed by atoms with van der Waals surface area (Å²) in [7, 11) is 0. The van der Waals surface area contributed by atoms with E-state index in [-0.39, 0.29) is 16.1 Å². The monoisotopic (exact) mass is 258 g/mol. The summed E-state index contributed by atoms with van der Waals surface area (Å²) in [6.45, 7) is 5.45. The van der Waals surface area contributed by atoms with Gasteiger partial charge >= 0.3 is 0 Å². The third-order valence-electron chi connectivity index (χ3n) is 2.78. The largest absolute Gasteiger partial charge is 0.399 e. The second-order valence-corrected chi connectivity index (χ2v) is 6.66. The van der Waals surface area contributed by atoms with Crippen LogP contribution in [-0.4, -0.2) is 23.6 Å². The molecule has 17 heavy (non-hydrogen) atoms. The Bertz CT molecular complexity index is 412. The molecule has 1 heterocycles. The summed E-state index contributed by atoms with van der Waals surface area (Å²) in [4.78, 5) is 1.76. The first-order valence-electron chi connectivity index (χ1n) is 5.52. The molecule has 2 nitrogen and oxygen atoms in total. The molecule has 1 aromatic carbocycles. The van der Waals surface area contributed by atoms with Crippen LogP contribution in [0.4, 0.5) is 20.2 Å². The SMILES string of the molecule is CC1(C)CN(c2c(F)cc(N)cc2F)CCS1. The smallest absolute Gasteiger partial charge is 0.151 e. The minimum Gasteiger partial charge on any atom is -0.399 e. The normalized spacial score (nSPS) is 19.4. The van der Waals surface area contributed by atoms with E-state index < -0.39 is 11.6 Å². The lowest BCUT2D eigenvalue weighted by Crippen LogP contribution is -2.43. The molecule has 0 atom stereocenters. The van der Waals surface area contributed by atoms with Crippen molar-refractivity contribution >= 4 is 23.1 Å². The Morgan fingerprint density at radius 2 is 1.88 bits per heavy atom. The fourth-order valence-electron chi connectivity index (χ4n) is 2.09. The van der Waals surface area contributed by atoms with Gasteiger partial charge in [0.15, 0.2) is 11.6 Å². The molecule has 0 saturated carbocycles. The highest BCUT2D eigenvalue weighted by Gasteiger charge is 2.30. The molecular weight excluding hydrogens is 242 g/mol. The number of hydrogen-bond donors (Lipinski definition) is 1. The second kappa shape index (κ2) is 4.37. The lowest BCUT2D eigenvalue weighted by Gasteiger charge is -2.39. The van der Waals surface area contributed by atoms with E-state index in [9.17, 15) is 8.78 Å². The highest BCUT2D eigenvalue weighted by atomic mass is 32.2. The van der Waals surface area contributed by atoms with Gasteiger partial charge < -0.3 is 10.6 Å². The van der Waals surface area contributed by atoms with Crippen molar-refractivity contribution in [2.75, 3.05) is 29.5 Å². The van der Waals surface area contributed by atoms with Crippen molar-refractivity contribution in [3.63, 3.8) is 0 Å². The predicted molar refractivity (Wildman–Crippen MR) is 69.5 cm³/mol. The van der Waals surface area contributed by atoms with E-state index in [0.717, 1.165) is 5.75 Å². The molecule has 1 fully saturated rings. The number of halogens is 2. The summed E-state index contributed by atoms with van der Waals surface area (Å²) in [6.07, 6.45) is 0. The molecule has 5 heteroatoms. The number of anilines is 2. The van der Waals surface area contributed by atoms with Crippen LogP contribution in [0.15, 0.2) is 12.1 Å². The van der Waals surface area contributed by atoms with E-state index in [0.29, 0.717) is 13.1 Å². The van der Waals surface area contributed by atoms with Crippen molar-refractivity contribution in [1.82, 2.24) is 0 Å². The number of nitrogens with zero attached hydrogens (tertiary/aromatic N) is 1. The molecule has 0 amide bonds. The fraction of sp³-hybridized carbons (Fsp3) is 0.500. The van der Waals surface area contributed by atoms with Crippen molar-refractivity contribution in [3.05, 3.63) is 23.8 Å². The number of nitrogen functional groups attached to an aromatic ring is 1. The Kier molecular flexibility index (Phi) is 3.21. The summed E-state index contributed by atoms with van der Waals surface area (Å²) in [5.41, 5.74) is 5.58. The molecular formula is C12H16F2N2S. The third kappa shape index (κ3) is 2.65. The van der Waals surface area contributed by atoms with Crippen molar-refractivity contribution in [2.24, 2.45) is 0 Å². The minimum atomic E-state index is -0.579. The Labute approximate surface area is 104 Å². The Balaban J connectivity index is 2.34. The summed E-state index contributed by atoms with van der Waals surface area (Å²) < 4.78 is 27.6. The van der Waals surface area contributed by atoms with Gasteiger partial charge in [0.05, 0.1) is 0 Å². The maximum absolute atomic E-state index is 13.8. The van der Waals surface area contributed by atoms with Gasteiger partial charge in [0, 0.05) is 29.3 Å². The highest BCUT2D eigenvalue weighted by Crippen LogP contribution is 2.34. The van der Waals surface area contributed by atoms with Crippen LogP contribution in [0, 0.1) is 11.6 Å². The summed E-state index contributed by atoms with van der Waals surface area (Å²) in [5.74, 6) is -0.286. The zero-order valence-corrected chi connectivity index (χ0v) is 10.8. The molecule has 1 aromatic rings. The van der Waals surface area contributed by atoms with Crippen LogP contribution >= 0.6 is 11.8 Å². The van der Waals surface area contributed by atoms with E-state index in [2.05, 4.69) is 13.8 Å². The van der Waals surface area contributed by atoms with Gasteiger partial charge in [0.25, 0.3) is 0 Å². The predicted octanol–water partition coefficient (Wildman–Crippen LogP) is 2.88. The van der Waals surface area contributed by atoms with E-state index in [1.54, 1.807) is 4.90 Å². The second-order valence-electron chi connectivity index (χ2n) is 4.86. The molecule has 1 aliphatic rings. The maximum atomic E-state index is 13.8. The topological polar surface area (TPSA) is 29.3 Å². The van der Waals surface area contributed by atoms with Crippen LogP contribution in [-0.2, 0) is 0 Å². The van der Waals surface area contributed by atoms with Crippen LogP contribution in [0.25, 0.3) is 0 Å². The molecule has 0 aliphatic carbocycles. The van der Waals surface area contributed by atoms with Gasteiger partial charge in [-0.1, -0.05) is 0 Å². The lowest BCUT2D eigenvalue weighted by molar-refractivity contribution is 0.558. The lowest BCUT2D eigenvalue weighted by atomic mass is 10.1. The number of hydrogen-bond acceptors (Lipinski definition) is 3. The van der Waals surface area contributed by atoms with Gasteiger partial charge in [0.2, 0.25) is 0 Å². The van der Waals surface area contributed by atoms with Crippen LogP contribution in [0.1, 0.15) is 13.8 Å². The Hall–Kier alpha value is -0.970. The van der Waals surface area contributed by atoms with Gasteiger partial charge in [-0.25, -0.2) is 8.78 Å². The average molecular weight is 258 g/mol. The van der Waals surface area contributed by atoms with Crippen LogP contribution in [0.5, 0.6) is 0 Å². The summed E-state index contributed by atoms with van der Waals surface area (Å²) in [6, 6.07) is 2.35. The van der Waals surface area contributed by atoms with E-state index >= 15 is 0 Å². The third-order valence-corrected chi connectivity index (χ3v) is 4.08. The minimum absolute atomic E-state index is 0.0124. The number of thioether (sulfide) groups is 1. The van der Waals surface area contributed by atoms with Crippen molar-refractivity contribution in [1.29, 1.82) is 0 Å². The van der Waals surface area contributed by atoms with Gasteiger partial charge in [-0.3, -0.25) is 0 Å². The van der Waals surface area contributed by atoms with Gasteiger partial charge in [-0.05, 0) is 26.0 Å². The first kappa shape index (κ1) is 12.5. The first-order valence-corrected chi connectivity index (χ1v) is 6.51. The van der Waals surface area contributed by atoms with Crippen molar-refractivity contribution in [3.8, 4) is 0 Å². The van der Waals surface area contributed by atoms with Crippen molar-refractivity contribution in [2.45, 2.75) is 18.6 Å². The molecule has 0 bridgehead atoms. The molecule has 94 valence electrons. The average Bonchev–Trinajstić information content (AvgIpc) is 2.13. The fourth-order valence-corrected chi connectivity index (χ4v) is 3.21. The van der Waals surface area contributed by atoms with Crippen molar-refractivity contribution < 1.29 is 8.78 Å². The molecule has 0 spiro atoms. The van der Waals surface area contributed by atoms with Crippen LogP contribution in [0.2, 0.25) is 0 Å². The van der Waals surface area contributed by atoms with Gasteiger partial charge in [-0.2, -0.15) is 11.8 Å². The number of nitrogens with two attached hydrogens (primary N) is 1. The summed E-state index contributed by atoms with van der Waals surface area (Å²) >= 11 is 1.82. The van der Waals surface area contributed by atoms with E-state index in [1.165, 1.54) is 12.1 Å². The highest BCUT2D eigenvalue weighted by molar-refractivity contribution is 8.00. The molecule has 0 radical (unpaired) electrons. The molecule has 1 saturated heterocycles. The number of rotatable bonds is 1. The van der Waals surface area contributed by atoms with Gasteiger partial charge in [0.1, 0.15) is 5.69 Å². The van der Waals surface area contributed by atoms with Crippen LogP contribution in [0.3, 0.4) is 0 Å². The molecule has 2 N–H and O–H groups in total. The molecule has 0 aromatic heterocycles. The maximum Gasteiger partial charge on any atom is 0.151 e. The quantitative estimate of drug-likeness (QED) is 0.785. The van der Waals surface area contributed by atoms with Gasteiger partial charge in [-0.15, -0.1) is 0 Å². The summed E-state index contributed by atoms with van der Waals surface area (Å²) in [5, 5.41) is 0. The standard InChI is InChI=1S/C12H16F2N2S/c1-12(2)7-16(3-4-17-12)11-9(13)5-8(15)6-10(11)14/h5-6H,3-4,7,15H2,1-2H3. The van der Waals surface area contributed by atoms with E-state index in [4.69, 9.17) is 5.73 Å². The number of benzene rings is 1. The molecule has 2 rings (SSSR count). The van der Waals surface area contributed by atoms with E-state index in [1.807, 2.05) is 11.8 Å². The molecule has 0 unspecified atom stereocenters. The zero-order chi connectivity index (χ0) is 12.6.